The SMILES string of the molecule is O=Cc1cc([N+](=O)[O-])ccc1C=CCCl. The summed E-state index contributed by atoms with van der Waals surface area (Å²) in [4.78, 5) is 20.6. The minimum Gasteiger partial charge on any atom is -0.298 e. The van der Waals surface area contributed by atoms with Gasteiger partial charge in [-0.3, -0.25) is 14.9 Å². The fourth-order valence-corrected chi connectivity index (χ4v) is 1.19. The Hall–Kier alpha value is -1.68. The van der Waals surface area contributed by atoms with Gasteiger partial charge in [0.1, 0.15) is 0 Å². The van der Waals surface area contributed by atoms with E-state index in [2.05, 4.69) is 0 Å². The second-order valence-electron chi connectivity index (χ2n) is 2.74. The van der Waals surface area contributed by atoms with Gasteiger partial charge < -0.3 is 0 Å². The van der Waals surface area contributed by atoms with Gasteiger partial charge in [-0.2, -0.15) is 0 Å². The number of nitrogens with zero attached hydrogens (tertiary/aromatic N) is 1. The summed E-state index contributed by atoms with van der Waals surface area (Å²) in [5.74, 6) is 0.329. The number of non-ortho nitro benzene ring substituents is 1. The van der Waals surface area contributed by atoms with E-state index in [0.29, 0.717) is 17.7 Å². The molecule has 0 heterocycles. The molecule has 1 rings (SSSR count). The third-order valence-corrected chi connectivity index (χ3v) is 1.97. The van der Waals surface area contributed by atoms with Crippen molar-refractivity contribution in [1.29, 1.82) is 0 Å². The number of hydrogen-bond donors (Lipinski definition) is 0. The lowest BCUT2D eigenvalue weighted by atomic mass is 10.1. The van der Waals surface area contributed by atoms with E-state index in [1.165, 1.54) is 18.2 Å². The number of alkyl halides is 1. The van der Waals surface area contributed by atoms with E-state index in [0.717, 1.165) is 0 Å². The predicted octanol–water partition coefficient (Wildman–Crippen LogP) is 2.66. The molecule has 78 valence electrons. The number of aldehydes is 1. The van der Waals surface area contributed by atoms with Crippen molar-refractivity contribution >= 4 is 29.7 Å². The maximum absolute atomic E-state index is 10.7. The normalized spacial score (nSPS) is 10.5. The average molecular weight is 226 g/mol. The van der Waals surface area contributed by atoms with Gasteiger partial charge in [-0.25, -0.2) is 0 Å². The Morgan fingerprint density at radius 3 is 2.67 bits per heavy atom. The van der Waals surface area contributed by atoms with E-state index in [1.807, 2.05) is 0 Å². The van der Waals surface area contributed by atoms with Crippen LogP contribution in [0.25, 0.3) is 6.08 Å². The summed E-state index contributed by atoms with van der Waals surface area (Å²) in [5.41, 5.74) is 0.807. The molecule has 0 aliphatic carbocycles. The zero-order valence-electron chi connectivity index (χ0n) is 7.72. The fourth-order valence-electron chi connectivity index (χ4n) is 1.10. The maximum Gasteiger partial charge on any atom is 0.270 e. The summed E-state index contributed by atoms with van der Waals surface area (Å²) in [6.07, 6.45) is 3.90. The highest BCUT2D eigenvalue weighted by atomic mass is 35.5. The second kappa shape index (κ2) is 5.26. The highest BCUT2D eigenvalue weighted by Crippen LogP contribution is 2.17. The summed E-state index contributed by atoms with van der Waals surface area (Å²) in [6, 6.07) is 4.10. The topological polar surface area (TPSA) is 60.2 Å². The van der Waals surface area contributed by atoms with Crippen molar-refractivity contribution in [2.24, 2.45) is 0 Å². The lowest BCUT2D eigenvalue weighted by Crippen LogP contribution is -1.92. The Morgan fingerprint density at radius 1 is 1.40 bits per heavy atom. The van der Waals surface area contributed by atoms with Gasteiger partial charge in [-0.15, -0.1) is 11.6 Å². The number of nitro groups is 1. The lowest BCUT2D eigenvalue weighted by molar-refractivity contribution is -0.384. The Balaban J connectivity index is 3.14. The molecule has 4 nitrogen and oxygen atoms in total. The van der Waals surface area contributed by atoms with Crippen molar-refractivity contribution in [3.8, 4) is 0 Å². The minimum absolute atomic E-state index is 0.0971. The van der Waals surface area contributed by atoms with Crippen LogP contribution in [0.1, 0.15) is 15.9 Å². The van der Waals surface area contributed by atoms with Gasteiger partial charge in [0.2, 0.25) is 0 Å². The van der Waals surface area contributed by atoms with Gasteiger partial charge in [-0.1, -0.05) is 12.2 Å². The van der Waals surface area contributed by atoms with E-state index < -0.39 is 4.92 Å². The summed E-state index contributed by atoms with van der Waals surface area (Å²) < 4.78 is 0. The van der Waals surface area contributed by atoms with Crippen LogP contribution in [-0.4, -0.2) is 17.1 Å². The van der Waals surface area contributed by atoms with Crippen molar-refractivity contribution in [3.63, 3.8) is 0 Å². The monoisotopic (exact) mass is 225 g/mol. The highest BCUT2D eigenvalue weighted by Gasteiger charge is 2.08. The van der Waals surface area contributed by atoms with Crippen LogP contribution in [-0.2, 0) is 0 Å². The first kappa shape index (κ1) is 11.4. The van der Waals surface area contributed by atoms with Crippen molar-refractivity contribution in [1.82, 2.24) is 0 Å². The summed E-state index contributed by atoms with van der Waals surface area (Å²) in [5, 5.41) is 10.4. The smallest absolute Gasteiger partial charge is 0.270 e. The van der Waals surface area contributed by atoms with E-state index in [1.54, 1.807) is 12.2 Å². The van der Waals surface area contributed by atoms with Gasteiger partial charge >= 0.3 is 0 Å². The Kier molecular flexibility index (Phi) is 4.00. The van der Waals surface area contributed by atoms with Crippen LogP contribution in [0.2, 0.25) is 0 Å². The quantitative estimate of drug-likeness (QED) is 0.343. The molecule has 1 aromatic carbocycles. The highest BCUT2D eigenvalue weighted by molar-refractivity contribution is 6.19. The van der Waals surface area contributed by atoms with E-state index >= 15 is 0 Å². The van der Waals surface area contributed by atoms with Gasteiger partial charge in [0.25, 0.3) is 5.69 Å². The zero-order chi connectivity index (χ0) is 11.3. The number of carbonyl (C=O) groups is 1. The Morgan fingerprint density at radius 2 is 2.13 bits per heavy atom. The van der Waals surface area contributed by atoms with Crippen molar-refractivity contribution in [2.45, 2.75) is 0 Å². The van der Waals surface area contributed by atoms with Crippen LogP contribution in [0.5, 0.6) is 0 Å². The standard InChI is InChI=1S/C10H8ClNO3/c11-5-1-2-8-3-4-10(12(14)15)6-9(8)7-13/h1-4,6-7H,5H2. The number of halogens is 1. The summed E-state index contributed by atoms with van der Waals surface area (Å²) >= 11 is 5.45. The van der Waals surface area contributed by atoms with Gasteiger partial charge in [-0.05, 0) is 11.6 Å². The van der Waals surface area contributed by atoms with Crippen molar-refractivity contribution < 1.29 is 9.72 Å². The average Bonchev–Trinajstić information content (AvgIpc) is 2.25. The van der Waals surface area contributed by atoms with E-state index in [4.69, 9.17) is 11.6 Å². The molecule has 0 aliphatic rings. The van der Waals surface area contributed by atoms with Crippen molar-refractivity contribution in [3.05, 3.63) is 45.5 Å². The largest absolute Gasteiger partial charge is 0.298 e. The molecule has 15 heavy (non-hydrogen) atoms. The van der Waals surface area contributed by atoms with Crippen LogP contribution in [0.4, 0.5) is 5.69 Å². The molecular formula is C10H8ClNO3. The summed E-state index contributed by atoms with van der Waals surface area (Å²) in [7, 11) is 0. The van der Waals surface area contributed by atoms with E-state index in [-0.39, 0.29) is 11.3 Å². The molecule has 5 heteroatoms. The molecule has 0 amide bonds. The van der Waals surface area contributed by atoms with Gasteiger partial charge in [0.15, 0.2) is 6.29 Å². The third-order valence-electron chi connectivity index (χ3n) is 1.79. The third kappa shape index (κ3) is 2.89. The van der Waals surface area contributed by atoms with Gasteiger partial charge in [0.05, 0.1) is 4.92 Å². The first-order chi connectivity index (χ1) is 7.19. The Labute approximate surface area is 91.3 Å². The first-order valence-corrected chi connectivity index (χ1v) is 4.68. The maximum atomic E-state index is 10.7. The molecule has 0 spiro atoms. The molecule has 0 aliphatic heterocycles. The first-order valence-electron chi connectivity index (χ1n) is 4.15. The van der Waals surface area contributed by atoms with Crippen LogP contribution >= 0.6 is 11.6 Å². The van der Waals surface area contributed by atoms with Crippen LogP contribution in [0, 0.1) is 10.1 Å². The molecule has 0 N–H and O–H groups in total. The molecule has 0 atom stereocenters. The lowest BCUT2D eigenvalue weighted by Gasteiger charge is -1.98. The number of allylic oxidation sites excluding steroid dienone is 1. The zero-order valence-corrected chi connectivity index (χ0v) is 8.48. The second-order valence-corrected chi connectivity index (χ2v) is 3.05. The number of carbonyl (C=O) groups excluding carboxylic acids is 1. The molecule has 0 bridgehead atoms. The molecular weight excluding hydrogens is 218 g/mol. The Bertz CT molecular complexity index is 415. The van der Waals surface area contributed by atoms with Crippen LogP contribution < -0.4 is 0 Å². The molecule has 0 aromatic heterocycles. The van der Waals surface area contributed by atoms with Gasteiger partial charge in [0, 0.05) is 23.6 Å². The molecule has 0 saturated heterocycles. The van der Waals surface area contributed by atoms with Crippen LogP contribution in [0.15, 0.2) is 24.3 Å². The number of rotatable bonds is 4. The molecule has 0 radical (unpaired) electrons. The molecule has 0 fully saturated rings. The molecule has 1 aromatic rings. The van der Waals surface area contributed by atoms with Crippen molar-refractivity contribution in [2.75, 3.05) is 5.88 Å². The number of nitro benzene ring substituents is 1. The fraction of sp³-hybridized carbons (Fsp3) is 0.100. The summed E-state index contributed by atoms with van der Waals surface area (Å²) in [6.45, 7) is 0. The predicted molar refractivity (Wildman–Crippen MR) is 58.2 cm³/mol. The molecule has 0 unspecified atom stereocenters. The van der Waals surface area contributed by atoms with E-state index in [9.17, 15) is 14.9 Å². The number of benzene rings is 1. The minimum atomic E-state index is -0.540. The van der Waals surface area contributed by atoms with Crippen LogP contribution in [0.3, 0.4) is 0 Å². The number of hydrogen-bond acceptors (Lipinski definition) is 3. The molecule has 0 saturated carbocycles.